The highest BCUT2D eigenvalue weighted by atomic mass is 16.5. The highest BCUT2D eigenvalue weighted by molar-refractivity contribution is 5.84. The van der Waals surface area contributed by atoms with E-state index >= 15 is 0 Å². The van der Waals surface area contributed by atoms with E-state index in [1.54, 1.807) is 6.92 Å². The molecule has 0 saturated heterocycles. The summed E-state index contributed by atoms with van der Waals surface area (Å²) >= 11 is 0. The summed E-state index contributed by atoms with van der Waals surface area (Å²) < 4.78 is 5.04. The zero-order chi connectivity index (χ0) is 15.9. The molecule has 0 atom stereocenters. The Labute approximate surface area is 129 Å². The molecule has 1 N–H and O–H groups in total. The number of amides is 1. The number of hydrogen-bond donors (Lipinski definition) is 1. The van der Waals surface area contributed by atoms with Crippen LogP contribution in [0.4, 0.5) is 10.6 Å². The summed E-state index contributed by atoms with van der Waals surface area (Å²) in [4.78, 5) is 32.3. The molecule has 1 aliphatic rings. The Bertz CT molecular complexity index is 501. The molecule has 7 nitrogen and oxygen atoms in total. The minimum atomic E-state index is -1.03. The topological polar surface area (TPSA) is 92.6 Å². The van der Waals surface area contributed by atoms with Crippen molar-refractivity contribution in [2.24, 2.45) is 11.8 Å². The molecule has 2 rings (SSSR count). The molecule has 7 heteroatoms. The maximum absolute atomic E-state index is 11.7. The number of nitrogens with zero attached hydrogens (tertiary/aromatic N) is 3. The minimum Gasteiger partial charge on any atom is -0.466 e. The standard InChI is InChI=1S/C15H21N3O4/c1-2-22-14(19)12-5-3-11(4-6-12)10-18(15(20)21)13-9-16-7-8-17-13/h7-9,11-12H,2-6,10H2,1H3,(H,20,21). The first-order chi connectivity index (χ1) is 10.6. The molecule has 1 aliphatic carbocycles. The third-order valence-corrected chi connectivity index (χ3v) is 3.96. The smallest absolute Gasteiger partial charge is 0.413 e. The Morgan fingerprint density at radius 2 is 2.05 bits per heavy atom. The fourth-order valence-electron chi connectivity index (χ4n) is 2.80. The molecule has 1 fully saturated rings. The summed E-state index contributed by atoms with van der Waals surface area (Å²) in [6, 6.07) is 0. The molecule has 1 saturated carbocycles. The molecular formula is C15H21N3O4. The second-order valence-corrected chi connectivity index (χ2v) is 5.43. The van der Waals surface area contributed by atoms with Gasteiger partial charge in [0, 0.05) is 18.9 Å². The Morgan fingerprint density at radius 3 is 2.59 bits per heavy atom. The predicted molar refractivity (Wildman–Crippen MR) is 79.5 cm³/mol. The van der Waals surface area contributed by atoms with Gasteiger partial charge in [-0.2, -0.15) is 0 Å². The summed E-state index contributed by atoms with van der Waals surface area (Å²) in [6.45, 7) is 2.58. The fraction of sp³-hybridized carbons (Fsp3) is 0.600. The molecular weight excluding hydrogens is 286 g/mol. The Hall–Kier alpha value is -2.18. The van der Waals surface area contributed by atoms with E-state index < -0.39 is 6.09 Å². The number of carboxylic acid groups (broad SMARTS) is 1. The van der Waals surface area contributed by atoms with E-state index in [4.69, 9.17) is 4.74 Å². The molecule has 1 amide bonds. The second-order valence-electron chi connectivity index (χ2n) is 5.43. The van der Waals surface area contributed by atoms with Crippen molar-refractivity contribution in [3.63, 3.8) is 0 Å². The molecule has 22 heavy (non-hydrogen) atoms. The van der Waals surface area contributed by atoms with Gasteiger partial charge in [0.25, 0.3) is 0 Å². The van der Waals surface area contributed by atoms with Crippen LogP contribution in [-0.4, -0.2) is 40.3 Å². The van der Waals surface area contributed by atoms with Crippen LogP contribution >= 0.6 is 0 Å². The van der Waals surface area contributed by atoms with Gasteiger partial charge in [-0.3, -0.25) is 14.7 Å². The maximum atomic E-state index is 11.7. The quantitative estimate of drug-likeness (QED) is 0.839. The number of esters is 1. The number of aromatic nitrogens is 2. The number of ether oxygens (including phenoxy) is 1. The number of carbonyl (C=O) groups is 2. The van der Waals surface area contributed by atoms with Gasteiger partial charge < -0.3 is 9.84 Å². The van der Waals surface area contributed by atoms with Gasteiger partial charge in [-0.05, 0) is 38.5 Å². The Balaban J connectivity index is 1.91. The third-order valence-electron chi connectivity index (χ3n) is 3.96. The molecule has 120 valence electrons. The van der Waals surface area contributed by atoms with Gasteiger partial charge >= 0.3 is 12.1 Å². The lowest BCUT2D eigenvalue weighted by molar-refractivity contribution is -0.149. The first-order valence-corrected chi connectivity index (χ1v) is 7.55. The van der Waals surface area contributed by atoms with Crippen LogP contribution in [0.15, 0.2) is 18.6 Å². The lowest BCUT2D eigenvalue weighted by atomic mass is 9.82. The molecule has 0 aromatic carbocycles. The number of carbonyl (C=O) groups excluding carboxylic acids is 1. The molecule has 1 aromatic rings. The van der Waals surface area contributed by atoms with Crippen molar-refractivity contribution in [2.45, 2.75) is 32.6 Å². The third kappa shape index (κ3) is 4.16. The number of hydrogen-bond acceptors (Lipinski definition) is 5. The first kappa shape index (κ1) is 16.2. The second kappa shape index (κ2) is 7.72. The van der Waals surface area contributed by atoms with Crippen LogP contribution < -0.4 is 4.90 Å². The van der Waals surface area contributed by atoms with Gasteiger partial charge in [0.2, 0.25) is 0 Å². The van der Waals surface area contributed by atoms with Crippen molar-refractivity contribution in [3.05, 3.63) is 18.6 Å². The molecule has 0 radical (unpaired) electrons. The average molecular weight is 307 g/mol. The van der Waals surface area contributed by atoms with Crippen molar-refractivity contribution in [3.8, 4) is 0 Å². The molecule has 0 bridgehead atoms. The summed E-state index contributed by atoms with van der Waals surface area (Å²) in [5.74, 6) is 0.377. The molecule has 0 aliphatic heterocycles. The van der Waals surface area contributed by atoms with Crippen LogP contribution in [0.1, 0.15) is 32.6 Å². The van der Waals surface area contributed by atoms with Gasteiger partial charge in [-0.15, -0.1) is 0 Å². The van der Waals surface area contributed by atoms with E-state index in [-0.39, 0.29) is 17.8 Å². The van der Waals surface area contributed by atoms with Crippen LogP contribution in [0, 0.1) is 11.8 Å². The van der Waals surface area contributed by atoms with Gasteiger partial charge in [0.15, 0.2) is 5.82 Å². The summed E-state index contributed by atoms with van der Waals surface area (Å²) in [5, 5.41) is 9.35. The van der Waals surface area contributed by atoms with E-state index in [1.807, 2.05) is 0 Å². The minimum absolute atomic E-state index is 0.0500. The van der Waals surface area contributed by atoms with Crippen molar-refractivity contribution in [2.75, 3.05) is 18.1 Å². The molecule has 1 aromatic heterocycles. The van der Waals surface area contributed by atoms with Crippen LogP contribution in [0.5, 0.6) is 0 Å². The summed E-state index contributed by atoms with van der Waals surface area (Å²) in [5.41, 5.74) is 0. The van der Waals surface area contributed by atoms with E-state index in [0.29, 0.717) is 19.0 Å². The number of anilines is 1. The SMILES string of the molecule is CCOC(=O)C1CCC(CN(C(=O)O)c2cnccn2)CC1. The summed E-state index contributed by atoms with van der Waals surface area (Å²) in [6.07, 6.45) is 6.51. The van der Waals surface area contributed by atoms with E-state index in [1.165, 1.54) is 23.5 Å². The monoisotopic (exact) mass is 307 g/mol. The van der Waals surface area contributed by atoms with Crippen molar-refractivity contribution >= 4 is 17.9 Å². The summed E-state index contributed by atoms with van der Waals surface area (Å²) in [7, 11) is 0. The van der Waals surface area contributed by atoms with Crippen LogP contribution in [0.25, 0.3) is 0 Å². The zero-order valence-corrected chi connectivity index (χ0v) is 12.6. The number of rotatable bonds is 5. The van der Waals surface area contributed by atoms with Crippen LogP contribution in [-0.2, 0) is 9.53 Å². The molecule has 1 heterocycles. The van der Waals surface area contributed by atoms with Gasteiger partial charge in [-0.1, -0.05) is 0 Å². The van der Waals surface area contributed by atoms with E-state index in [9.17, 15) is 14.7 Å². The Kier molecular flexibility index (Phi) is 5.68. The largest absolute Gasteiger partial charge is 0.466 e. The fourth-order valence-corrected chi connectivity index (χ4v) is 2.80. The van der Waals surface area contributed by atoms with Crippen molar-refractivity contribution in [1.82, 2.24) is 9.97 Å². The normalized spacial score (nSPS) is 21.1. The van der Waals surface area contributed by atoms with Gasteiger partial charge in [-0.25, -0.2) is 9.78 Å². The maximum Gasteiger partial charge on any atom is 0.413 e. The van der Waals surface area contributed by atoms with E-state index in [2.05, 4.69) is 9.97 Å². The average Bonchev–Trinajstić information content (AvgIpc) is 2.54. The predicted octanol–water partition coefficient (Wildman–Crippen LogP) is 2.33. The highest BCUT2D eigenvalue weighted by Gasteiger charge is 2.29. The lowest BCUT2D eigenvalue weighted by Gasteiger charge is -2.30. The molecule has 0 unspecified atom stereocenters. The van der Waals surface area contributed by atoms with E-state index in [0.717, 1.165) is 25.7 Å². The highest BCUT2D eigenvalue weighted by Crippen LogP contribution is 2.30. The van der Waals surface area contributed by atoms with Crippen LogP contribution in [0.3, 0.4) is 0 Å². The molecule has 0 spiro atoms. The van der Waals surface area contributed by atoms with Crippen molar-refractivity contribution < 1.29 is 19.4 Å². The zero-order valence-electron chi connectivity index (χ0n) is 12.6. The van der Waals surface area contributed by atoms with Crippen LogP contribution in [0.2, 0.25) is 0 Å². The lowest BCUT2D eigenvalue weighted by Crippen LogP contribution is -2.37. The first-order valence-electron chi connectivity index (χ1n) is 7.55. The van der Waals surface area contributed by atoms with Gasteiger partial charge in [0.05, 0.1) is 18.7 Å². The van der Waals surface area contributed by atoms with Crippen molar-refractivity contribution in [1.29, 1.82) is 0 Å². The Morgan fingerprint density at radius 1 is 1.32 bits per heavy atom. The van der Waals surface area contributed by atoms with Gasteiger partial charge in [0.1, 0.15) is 0 Å².